The number of hydrogen-bond donors (Lipinski definition) is 1. The highest BCUT2D eigenvalue weighted by atomic mass is 16.5. The molecule has 24 heavy (non-hydrogen) atoms. The summed E-state index contributed by atoms with van der Waals surface area (Å²) in [7, 11) is 1.60. The third-order valence-corrected chi connectivity index (χ3v) is 3.52. The first-order chi connectivity index (χ1) is 11.5. The minimum Gasteiger partial charge on any atom is -0.497 e. The molecule has 1 heterocycles. The number of nitrogens with one attached hydrogen (secondary N) is 1. The maximum absolute atomic E-state index is 12.0. The van der Waals surface area contributed by atoms with Gasteiger partial charge in [-0.2, -0.15) is 0 Å². The van der Waals surface area contributed by atoms with Gasteiger partial charge in [-0.25, -0.2) is 4.98 Å². The van der Waals surface area contributed by atoms with Gasteiger partial charge < -0.3 is 14.5 Å². The number of aryl methyl sites for hydroxylation is 1. The number of ether oxygens (including phenoxy) is 1. The van der Waals surface area contributed by atoms with Crippen molar-refractivity contribution < 1.29 is 18.7 Å². The van der Waals surface area contributed by atoms with Crippen LogP contribution in [-0.2, 0) is 16.0 Å². The smallest absolute Gasteiger partial charge is 0.227 e. The Morgan fingerprint density at radius 3 is 2.58 bits per heavy atom. The van der Waals surface area contributed by atoms with Crippen LogP contribution in [0.1, 0.15) is 31.2 Å². The van der Waals surface area contributed by atoms with E-state index in [1.165, 1.54) is 0 Å². The second-order valence-corrected chi connectivity index (χ2v) is 5.49. The number of Topliss-reactive ketones (excluding diaryl/α,β-unsaturated/α-hetero) is 1. The Hall–Kier alpha value is -2.63. The molecule has 0 saturated carbocycles. The van der Waals surface area contributed by atoms with Gasteiger partial charge >= 0.3 is 0 Å². The zero-order valence-corrected chi connectivity index (χ0v) is 14.2. The minimum absolute atomic E-state index is 0.0883. The Morgan fingerprint density at radius 1 is 1.25 bits per heavy atom. The Kier molecular flexibility index (Phi) is 6.12. The van der Waals surface area contributed by atoms with Gasteiger partial charge in [0.25, 0.3) is 0 Å². The highest BCUT2D eigenvalue weighted by Crippen LogP contribution is 2.24. The fraction of sp³-hybridized carbons (Fsp3) is 0.389. The van der Waals surface area contributed by atoms with E-state index in [1.807, 2.05) is 31.2 Å². The number of benzene rings is 1. The third kappa shape index (κ3) is 4.68. The first-order valence-electron chi connectivity index (χ1n) is 7.92. The van der Waals surface area contributed by atoms with Crippen LogP contribution in [-0.4, -0.2) is 30.3 Å². The van der Waals surface area contributed by atoms with Crippen LogP contribution in [0, 0.1) is 6.92 Å². The number of oxazole rings is 1. The molecular formula is C18H22N2O4. The van der Waals surface area contributed by atoms with Crippen LogP contribution >= 0.6 is 0 Å². The number of methoxy groups -OCH3 is 1. The molecule has 1 aromatic heterocycles. The lowest BCUT2D eigenvalue weighted by molar-refractivity contribution is -0.127. The van der Waals surface area contributed by atoms with Crippen LogP contribution in [0.25, 0.3) is 11.5 Å². The van der Waals surface area contributed by atoms with E-state index in [1.54, 1.807) is 14.0 Å². The second-order valence-electron chi connectivity index (χ2n) is 5.49. The van der Waals surface area contributed by atoms with Crippen molar-refractivity contribution in [1.29, 1.82) is 0 Å². The molecule has 0 unspecified atom stereocenters. The summed E-state index contributed by atoms with van der Waals surface area (Å²) < 4.78 is 10.8. The monoisotopic (exact) mass is 330 g/mol. The van der Waals surface area contributed by atoms with E-state index in [-0.39, 0.29) is 24.5 Å². The second kappa shape index (κ2) is 8.29. The van der Waals surface area contributed by atoms with Gasteiger partial charge in [0.1, 0.15) is 17.3 Å². The van der Waals surface area contributed by atoms with Crippen LogP contribution in [0.15, 0.2) is 28.7 Å². The SMILES string of the molecule is CCCNC(=O)CC(=O)Cc1nc(-c2ccc(OC)cc2)oc1C. The van der Waals surface area contributed by atoms with Crippen molar-refractivity contribution in [3.05, 3.63) is 35.7 Å². The van der Waals surface area contributed by atoms with E-state index in [0.717, 1.165) is 17.7 Å². The highest BCUT2D eigenvalue weighted by Gasteiger charge is 2.16. The van der Waals surface area contributed by atoms with Gasteiger partial charge in [-0.05, 0) is 37.6 Å². The average Bonchev–Trinajstić information content (AvgIpc) is 2.93. The van der Waals surface area contributed by atoms with Crippen LogP contribution in [0.3, 0.4) is 0 Å². The van der Waals surface area contributed by atoms with E-state index in [4.69, 9.17) is 9.15 Å². The van der Waals surface area contributed by atoms with Gasteiger partial charge in [0.2, 0.25) is 11.8 Å². The van der Waals surface area contributed by atoms with E-state index in [2.05, 4.69) is 10.3 Å². The molecule has 128 valence electrons. The lowest BCUT2D eigenvalue weighted by atomic mass is 10.1. The molecule has 0 fully saturated rings. The zero-order chi connectivity index (χ0) is 17.5. The molecular weight excluding hydrogens is 308 g/mol. The number of carbonyl (C=O) groups excluding carboxylic acids is 2. The van der Waals surface area contributed by atoms with E-state index >= 15 is 0 Å². The number of carbonyl (C=O) groups is 2. The van der Waals surface area contributed by atoms with E-state index < -0.39 is 0 Å². The van der Waals surface area contributed by atoms with Crippen molar-refractivity contribution in [3.63, 3.8) is 0 Å². The molecule has 0 atom stereocenters. The number of nitrogens with zero attached hydrogens (tertiary/aromatic N) is 1. The van der Waals surface area contributed by atoms with Gasteiger partial charge in [-0.15, -0.1) is 0 Å². The van der Waals surface area contributed by atoms with Gasteiger partial charge in [-0.3, -0.25) is 9.59 Å². The summed E-state index contributed by atoms with van der Waals surface area (Å²) in [5.41, 5.74) is 1.37. The molecule has 0 aliphatic carbocycles. The number of hydrogen-bond acceptors (Lipinski definition) is 5. The molecule has 2 aromatic rings. The Labute approximate surface area is 141 Å². The summed E-state index contributed by atoms with van der Waals surface area (Å²) in [6.07, 6.45) is 0.794. The first kappa shape index (κ1) is 17.7. The molecule has 0 aliphatic heterocycles. The molecule has 0 spiro atoms. The maximum atomic E-state index is 12.0. The molecule has 0 aliphatic rings. The van der Waals surface area contributed by atoms with Gasteiger partial charge in [0.15, 0.2) is 0 Å². The highest BCUT2D eigenvalue weighted by molar-refractivity contribution is 5.98. The quantitative estimate of drug-likeness (QED) is 0.753. The van der Waals surface area contributed by atoms with Crippen molar-refractivity contribution in [1.82, 2.24) is 10.3 Å². The molecule has 1 aromatic carbocycles. The summed E-state index contributed by atoms with van der Waals surface area (Å²) in [6, 6.07) is 7.32. The number of amides is 1. The topological polar surface area (TPSA) is 81.4 Å². The van der Waals surface area contributed by atoms with E-state index in [0.29, 0.717) is 23.9 Å². The molecule has 6 nitrogen and oxygen atoms in total. The summed E-state index contributed by atoms with van der Waals surface area (Å²) >= 11 is 0. The molecule has 0 saturated heterocycles. The number of ketones is 1. The summed E-state index contributed by atoms with van der Waals surface area (Å²) in [4.78, 5) is 28.0. The fourth-order valence-corrected chi connectivity index (χ4v) is 2.20. The normalized spacial score (nSPS) is 10.5. The van der Waals surface area contributed by atoms with Crippen LogP contribution < -0.4 is 10.1 Å². The predicted molar refractivity (Wildman–Crippen MR) is 89.9 cm³/mol. The van der Waals surface area contributed by atoms with E-state index in [9.17, 15) is 9.59 Å². The number of rotatable bonds is 8. The van der Waals surface area contributed by atoms with Crippen molar-refractivity contribution in [3.8, 4) is 17.2 Å². The lowest BCUT2D eigenvalue weighted by Gasteiger charge is -2.02. The molecule has 1 amide bonds. The predicted octanol–water partition coefficient (Wildman–Crippen LogP) is 2.69. The van der Waals surface area contributed by atoms with Gasteiger partial charge in [0.05, 0.1) is 25.6 Å². The van der Waals surface area contributed by atoms with Crippen molar-refractivity contribution >= 4 is 11.7 Å². The molecule has 2 rings (SSSR count). The minimum atomic E-state index is -0.252. The Bertz CT molecular complexity index is 704. The largest absolute Gasteiger partial charge is 0.497 e. The summed E-state index contributed by atoms with van der Waals surface area (Å²) in [5.74, 6) is 1.35. The van der Waals surface area contributed by atoms with Crippen molar-refractivity contribution in [2.75, 3.05) is 13.7 Å². The molecule has 6 heteroatoms. The van der Waals surface area contributed by atoms with Crippen molar-refractivity contribution in [2.24, 2.45) is 0 Å². The standard InChI is InChI=1S/C18H22N2O4/c1-4-9-19-17(22)11-14(21)10-16-12(2)24-18(20-16)13-5-7-15(23-3)8-6-13/h5-8H,4,9-11H2,1-3H3,(H,19,22). The lowest BCUT2D eigenvalue weighted by Crippen LogP contribution is -2.26. The summed E-state index contributed by atoms with van der Waals surface area (Å²) in [5, 5.41) is 2.69. The Balaban J connectivity index is 2.02. The average molecular weight is 330 g/mol. The van der Waals surface area contributed by atoms with Gasteiger partial charge in [-0.1, -0.05) is 6.92 Å². The molecule has 1 N–H and O–H groups in total. The van der Waals surface area contributed by atoms with Crippen molar-refractivity contribution in [2.45, 2.75) is 33.1 Å². The maximum Gasteiger partial charge on any atom is 0.227 e. The third-order valence-electron chi connectivity index (χ3n) is 3.52. The van der Waals surface area contributed by atoms with Crippen LogP contribution in [0.5, 0.6) is 5.75 Å². The molecule has 0 radical (unpaired) electrons. The summed E-state index contributed by atoms with van der Waals surface area (Å²) in [6.45, 7) is 4.30. The van der Waals surface area contributed by atoms with Gasteiger partial charge in [0, 0.05) is 12.1 Å². The van der Waals surface area contributed by atoms with Crippen LogP contribution in [0.2, 0.25) is 0 Å². The Morgan fingerprint density at radius 2 is 1.96 bits per heavy atom. The fourth-order valence-electron chi connectivity index (χ4n) is 2.20. The zero-order valence-electron chi connectivity index (χ0n) is 14.2. The number of aromatic nitrogens is 1. The van der Waals surface area contributed by atoms with Crippen LogP contribution in [0.4, 0.5) is 0 Å². The molecule has 0 bridgehead atoms. The first-order valence-corrected chi connectivity index (χ1v) is 7.92.